The molecule has 0 atom stereocenters. The van der Waals surface area contributed by atoms with Crippen molar-refractivity contribution in [1.82, 2.24) is 10.3 Å². The van der Waals surface area contributed by atoms with E-state index >= 15 is 0 Å². The lowest BCUT2D eigenvalue weighted by Crippen LogP contribution is -2.25. The number of oxime groups is 1. The van der Waals surface area contributed by atoms with Gasteiger partial charge in [-0.15, -0.1) is 12.4 Å². The molecule has 6 heteroatoms. The third-order valence-corrected chi connectivity index (χ3v) is 5.37. The summed E-state index contributed by atoms with van der Waals surface area (Å²) in [6, 6.07) is 8.58. The largest absolute Gasteiger partial charge is 0.411 e. The number of benzene rings is 1. The Morgan fingerprint density at radius 1 is 1.11 bits per heavy atom. The standard InChI is InChI=1S/C22H29N3O2.ClH/c26-22(16-24-27)23-15-9-3-1-2-4-10-17-18-11-5-7-13-20(18)25-21-14-8-6-12-19(17)21;/h5,7,11,13,16,27H,1-4,6,8-10,12,14-15H2,(H,23,26);1H/b24-16+;. The number of carbonyl (C=O) groups excluding carboxylic acids is 1. The van der Waals surface area contributed by atoms with Crippen molar-refractivity contribution >= 4 is 35.4 Å². The van der Waals surface area contributed by atoms with Crippen LogP contribution in [0, 0.1) is 0 Å². The van der Waals surface area contributed by atoms with Crippen molar-refractivity contribution in [3.63, 3.8) is 0 Å². The molecule has 0 unspecified atom stereocenters. The van der Waals surface area contributed by atoms with Gasteiger partial charge in [0.25, 0.3) is 5.91 Å². The van der Waals surface area contributed by atoms with Crippen LogP contribution in [0.5, 0.6) is 0 Å². The van der Waals surface area contributed by atoms with Gasteiger partial charge in [0, 0.05) is 17.6 Å². The summed E-state index contributed by atoms with van der Waals surface area (Å²) in [6.07, 6.45) is 12.5. The lowest BCUT2D eigenvalue weighted by atomic mass is 9.87. The molecule has 2 aromatic rings. The van der Waals surface area contributed by atoms with E-state index in [0.717, 1.165) is 37.4 Å². The van der Waals surface area contributed by atoms with Crippen LogP contribution >= 0.6 is 12.4 Å². The fourth-order valence-corrected chi connectivity index (χ4v) is 4.02. The molecule has 0 bridgehead atoms. The molecule has 0 fully saturated rings. The number of carbonyl (C=O) groups is 1. The van der Waals surface area contributed by atoms with Gasteiger partial charge < -0.3 is 10.5 Å². The first kappa shape index (κ1) is 22.2. The van der Waals surface area contributed by atoms with Gasteiger partial charge in [0.2, 0.25) is 0 Å². The lowest BCUT2D eigenvalue weighted by molar-refractivity contribution is -0.114. The maximum Gasteiger partial charge on any atom is 0.265 e. The zero-order valence-corrected chi connectivity index (χ0v) is 17.1. The van der Waals surface area contributed by atoms with Gasteiger partial charge in [0.1, 0.15) is 6.21 Å². The van der Waals surface area contributed by atoms with Crippen LogP contribution in [0.1, 0.15) is 61.8 Å². The molecule has 28 heavy (non-hydrogen) atoms. The molecule has 0 saturated heterocycles. The molecule has 0 radical (unpaired) electrons. The summed E-state index contributed by atoms with van der Waals surface area (Å²) in [6.45, 7) is 0.632. The summed E-state index contributed by atoms with van der Waals surface area (Å²) in [5.74, 6) is -0.341. The highest BCUT2D eigenvalue weighted by molar-refractivity contribution is 6.25. The third-order valence-electron chi connectivity index (χ3n) is 5.37. The maximum atomic E-state index is 11.1. The van der Waals surface area contributed by atoms with Crippen molar-refractivity contribution in [2.75, 3.05) is 6.54 Å². The Bertz CT molecular complexity index is 808. The number of aromatic nitrogens is 1. The van der Waals surface area contributed by atoms with E-state index in [-0.39, 0.29) is 18.3 Å². The van der Waals surface area contributed by atoms with E-state index in [1.165, 1.54) is 60.7 Å². The van der Waals surface area contributed by atoms with Crippen LogP contribution in [0.15, 0.2) is 29.4 Å². The van der Waals surface area contributed by atoms with Crippen LogP contribution in [0.4, 0.5) is 0 Å². The Labute approximate surface area is 173 Å². The van der Waals surface area contributed by atoms with Gasteiger partial charge in [0.05, 0.1) is 5.52 Å². The Morgan fingerprint density at radius 2 is 1.86 bits per heavy atom. The van der Waals surface area contributed by atoms with E-state index in [1.807, 2.05) is 0 Å². The summed E-state index contributed by atoms with van der Waals surface area (Å²) in [4.78, 5) is 16.1. The second kappa shape index (κ2) is 11.6. The van der Waals surface area contributed by atoms with Crippen LogP contribution in [-0.4, -0.2) is 28.9 Å². The molecule has 0 aliphatic heterocycles. The average Bonchev–Trinajstić information content (AvgIpc) is 2.69. The number of unbranched alkanes of at least 4 members (excludes halogenated alkanes) is 4. The van der Waals surface area contributed by atoms with Gasteiger partial charge in [-0.3, -0.25) is 9.78 Å². The molecule has 3 rings (SSSR count). The van der Waals surface area contributed by atoms with Crippen LogP contribution in [0.3, 0.4) is 0 Å². The molecule has 2 N–H and O–H groups in total. The van der Waals surface area contributed by atoms with E-state index in [2.05, 4.69) is 34.7 Å². The van der Waals surface area contributed by atoms with Crippen molar-refractivity contribution in [1.29, 1.82) is 0 Å². The molecule has 1 amide bonds. The van der Waals surface area contributed by atoms with Gasteiger partial charge >= 0.3 is 0 Å². The highest BCUT2D eigenvalue weighted by Gasteiger charge is 2.17. The van der Waals surface area contributed by atoms with Crippen LogP contribution in [0.2, 0.25) is 0 Å². The monoisotopic (exact) mass is 403 g/mol. The van der Waals surface area contributed by atoms with Crippen molar-refractivity contribution in [3.8, 4) is 0 Å². The lowest BCUT2D eigenvalue weighted by Gasteiger charge is -2.21. The first-order chi connectivity index (χ1) is 13.3. The number of hydrogen-bond donors (Lipinski definition) is 2. The highest BCUT2D eigenvalue weighted by Crippen LogP contribution is 2.30. The molecule has 0 saturated carbocycles. The minimum Gasteiger partial charge on any atom is -0.411 e. The summed E-state index contributed by atoms with van der Waals surface area (Å²) >= 11 is 0. The average molecular weight is 404 g/mol. The topological polar surface area (TPSA) is 74.6 Å². The fourth-order valence-electron chi connectivity index (χ4n) is 4.02. The zero-order valence-electron chi connectivity index (χ0n) is 16.3. The van der Waals surface area contributed by atoms with Crippen molar-refractivity contribution in [2.45, 2.75) is 64.2 Å². The SMILES string of the molecule is Cl.O=C(/C=N/O)NCCCCCCCc1c2c(nc3ccccc13)CCCC2. The van der Waals surface area contributed by atoms with Gasteiger partial charge in [-0.2, -0.15) is 0 Å². The van der Waals surface area contributed by atoms with E-state index in [0.29, 0.717) is 6.54 Å². The highest BCUT2D eigenvalue weighted by atomic mass is 35.5. The summed E-state index contributed by atoms with van der Waals surface area (Å²) in [7, 11) is 0. The molecule has 0 spiro atoms. The van der Waals surface area contributed by atoms with E-state index in [1.54, 1.807) is 0 Å². The normalized spacial score (nSPS) is 13.3. The first-order valence-electron chi connectivity index (χ1n) is 10.1. The maximum absolute atomic E-state index is 11.1. The number of nitrogens with zero attached hydrogens (tertiary/aromatic N) is 2. The molecule has 1 aliphatic rings. The Kier molecular flexibility index (Phi) is 9.21. The van der Waals surface area contributed by atoms with Crippen LogP contribution in [-0.2, 0) is 24.1 Å². The van der Waals surface area contributed by atoms with Crippen molar-refractivity contribution < 1.29 is 10.0 Å². The van der Waals surface area contributed by atoms with Crippen LogP contribution < -0.4 is 5.32 Å². The molecule has 1 aromatic heterocycles. The Hall–Kier alpha value is -2.14. The predicted molar refractivity (Wildman–Crippen MR) is 116 cm³/mol. The first-order valence-corrected chi connectivity index (χ1v) is 10.1. The fraction of sp³-hybridized carbons (Fsp3) is 0.500. The molecule has 1 aromatic carbocycles. The number of pyridine rings is 1. The molecular weight excluding hydrogens is 374 g/mol. The van der Waals surface area contributed by atoms with Crippen molar-refractivity contribution in [2.24, 2.45) is 5.16 Å². The van der Waals surface area contributed by atoms with Gasteiger partial charge in [0.15, 0.2) is 0 Å². The Morgan fingerprint density at radius 3 is 2.71 bits per heavy atom. The molecule has 1 aliphatic carbocycles. The minimum absolute atomic E-state index is 0. The summed E-state index contributed by atoms with van der Waals surface area (Å²) in [5.41, 5.74) is 5.53. The molecule has 152 valence electrons. The number of para-hydroxylation sites is 1. The van der Waals surface area contributed by atoms with E-state index in [4.69, 9.17) is 10.2 Å². The molecular formula is C22H30ClN3O2. The van der Waals surface area contributed by atoms with Crippen LogP contribution in [0.25, 0.3) is 10.9 Å². The second-order valence-corrected chi connectivity index (χ2v) is 7.29. The predicted octanol–water partition coefficient (Wildman–Crippen LogP) is 4.60. The van der Waals surface area contributed by atoms with Crippen molar-refractivity contribution in [3.05, 3.63) is 41.1 Å². The number of halogens is 1. The smallest absolute Gasteiger partial charge is 0.265 e. The van der Waals surface area contributed by atoms with E-state index in [9.17, 15) is 4.79 Å². The number of aryl methyl sites for hydroxylation is 2. The molecule has 5 nitrogen and oxygen atoms in total. The van der Waals surface area contributed by atoms with Gasteiger partial charge in [-0.25, -0.2) is 0 Å². The summed E-state index contributed by atoms with van der Waals surface area (Å²) < 4.78 is 0. The third kappa shape index (κ3) is 5.93. The number of rotatable bonds is 9. The zero-order chi connectivity index (χ0) is 18.9. The number of fused-ring (bicyclic) bond motifs is 2. The quantitative estimate of drug-likeness (QED) is 0.278. The number of hydrogen-bond acceptors (Lipinski definition) is 4. The van der Waals surface area contributed by atoms with Gasteiger partial charge in [-0.05, 0) is 62.1 Å². The number of nitrogens with one attached hydrogen (secondary N) is 1. The minimum atomic E-state index is -0.341. The van der Waals surface area contributed by atoms with Gasteiger partial charge in [-0.1, -0.05) is 42.6 Å². The molecule has 1 heterocycles. The second-order valence-electron chi connectivity index (χ2n) is 7.29. The Balaban J connectivity index is 0.00000280. The number of amides is 1. The van der Waals surface area contributed by atoms with E-state index < -0.39 is 0 Å². The summed E-state index contributed by atoms with van der Waals surface area (Å²) in [5, 5.41) is 15.0.